The standard InChI is InChI=1S/C9H12ClN.C3H3N3/c1-2-3-7-4-5-9(11)8(10)6-7;1-4-2-6-3-5-1/h4-6H,2-3,11H2,1H3;1-3H. The van der Waals surface area contributed by atoms with Gasteiger partial charge in [0.1, 0.15) is 19.0 Å². The molecule has 0 saturated heterocycles. The molecule has 90 valence electrons. The van der Waals surface area contributed by atoms with Gasteiger partial charge in [0.2, 0.25) is 0 Å². The van der Waals surface area contributed by atoms with Crippen molar-refractivity contribution in [2.24, 2.45) is 0 Å². The maximum Gasteiger partial charge on any atom is 0.119 e. The summed E-state index contributed by atoms with van der Waals surface area (Å²) < 4.78 is 0. The molecule has 0 aliphatic carbocycles. The fourth-order valence-electron chi connectivity index (χ4n) is 1.22. The van der Waals surface area contributed by atoms with E-state index in [2.05, 4.69) is 21.9 Å². The Labute approximate surface area is 106 Å². The molecule has 0 atom stereocenters. The summed E-state index contributed by atoms with van der Waals surface area (Å²) in [5.74, 6) is 0. The Morgan fingerprint density at radius 2 is 1.71 bits per heavy atom. The van der Waals surface area contributed by atoms with E-state index >= 15 is 0 Å². The van der Waals surface area contributed by atoms with Gasteiger partial charge in [-0.25, -0.2) is 15.0 Å². The van der Waals surface area contributed by atoms with E-state index in [0.717, 1.165) is 12.8 Å². The molecule has 17 heavy (non-hydrogen) atoms. The Morgan fingerprint density at radius 1 is 1.12 bits per heavy atom. The lowest BCUT2D eigenvalue weighted by atomic mass is 10.1. The van der Waals surface area contributed by atoms with Crippen LogP contribution in [-0.4, -0.2) is 15.0 Å². The second kappa shape index (κ2) is 7.57. The highest BCUT2D eigenvalue weighted by Crippen LogP contribution is 2.20. The predicted octanol–water partition coefficient (Wildman–Crippen LogP) is 2.75. The van der Waals surface area contributed by atoms with Crippen LogP contribution in [-0.2, 0) is 6.42 Å². The lowest BCUT2D eigenvalue weighted by Crippen LogP contribution is -1.88. The molecule has 0 spiro atoms. The minimum absolute atomic E-state index is 0.659. The van der Waals surface area contributed by atoms with Crippen molar-refractivity contribution in [2.75, 3.05) is 5.73 Å². The van der Waals surface area contributed by atoms with Crippen LogP contribution in [0.1, 0.15) is 18.9 Å². The number of nitrogens with two attached hydrogens (primary N) is 1. The van der Waals surface area contributed by atoms with Crippen molar-refractivity contribution in [3.63, 3.8) is 0 Å². The van der Waals surface area contributed by atoms with Gasteiger partial charge in [-0.1, -0.05) is 31.0 Å². The molecule has 2 aromatic rings. The molecular formula is C12H15ClN4. The second-order valence-electron chi connectivity index (χ2n) is 3.40. The first kappa shape index (κ1) is 13.4. The summed E-state index contributed by atoms with van der Waals surface area (Å²) in [6.07, 6.45) is 6.52. The largest absolute Gasteiger partial charge is 0.398 e. The minimum atomic E-state index is 0.659. The third-order valence-corrected chi connectivity index (χ3v) is 2.33. The zero-order valence-corrected chi connectivity index (χ0v) is 10.4. The summed E-state index contributed by atoms with van der Waals surface area (Å²) in [6.45, 7) is 2.14. The zero-order chi connectivity index (χ0) is 12.5. The van der Waals surface area contributed by atoms with E-state index in [4.69, 9.17) is 17.3 Å². The predicted molar refractivity (Wildman–Crippen MR) is 69.7 cm³/mol. The summed E-state index contributed by atoms with van der Waals surface area (Å²) in [4.78, 5) is 10.7. The maximum absolute atomic E-state index is 5.82. The molecule has 1 heterocycles. The molecule has 0 saturated carbocycles. The number of halogens is 1. The lowest BCUT2D eigenvalue weighted by molar-refractivity contribution is 0.922. The first-order chi connectivity index (χ1) is 8.24. The Morgan fingerprint density at radius 3 is 2.12 bits per heavy atom. The van der Waals surface area contributed by atoms with Gasteiger partial charge in [0, 0.05) is 0 Å². The highest BCUT2D eigenvalue weighted by molar-refractivity contribution is 6.33. The first-order valence-electron chi connectivity index (χ1n) is 5.33. The van der Waals surface area contributed by atoms with Crippen LogP contribution < -0.4 is 5.73 Å². The zero-order valence-electron chi connectivity index (χ0n) is 9.68. The summed E-state index contributed by atoms with van der Waals surface area (Å²) in [7, 11) is 0. The van der Waals surface area contributed by atoms with Crippen LogP contribution in [0.25, 0.3) is 0 Å². The number of aryl methyl sites for hydroxylation is 1. The fraction of sp³-hybridized carbons (Fsp3) is 0.250. The van der Waals surface area contributed by atoms with Gasteiger partial charge in [0.15, 0.2) is 0 Å². The normalized spacial score (nSPS) is 9.29. The van der Waals surface area contributed by atoms with Crippen molar-refractivity contribution in [2.45, 2.75) is 19.8 Å². The summed E-state index contributed by atoms with van der Waals surface area (Å²) in [5, 5.41) is 0.663. The topological polar surface area (TPSA) is 64.7 Å². The molecule has 5 heteroatoms. The Kier molecular flexibility index (Phi) is 5.96. The van der Waals surface area contributed by atoms with Crippen molar-refractivity contribution in [1.82, 2.24) is 15.0 Å². The van der Waals surface area contributed by atoms with Gasteiger partial charge in [-0.2, -0.15) is 0 Å². The summed E-state index contributed by atoms with van der Waals surface area (Å²) in [6, 6.07) is 5.80. The van der Waals surface area contributed by atoms with Gasteiger partial charge in [0.05, 0.1) is 10.7 Å². The maximum atomic E-state index is 5.82. The molecule has 2 rings (SSSR count). The molecule has 1 aromatic heterocycles. The molecule has 0 unspecified atom stereocenters. The molecule has 0 fully saturated rings. The molecule has 0 aliphatic heterocycles. The van der Waals surface area contributed by atoms with Gasteiger partial charge in [-0.05, 0) is 24.1 Å². The number of aromatic nitrogens is 3. The molecular weight excluding hydrogens is 236 g/mol. The van der Waals surface area contributed by atoms with Crippen LogP contribution >= 0.6 is 11.6 Å². The Bertz CT molecular complexity index is 407. The number of anilines is 1. The third kappa shape index (κ3) is 5.26. The fourth-order valence-corrected chi connectivity index (χ4v) is 1.42. The number of nitrogens with zero attached hydrogens (tertiary/aromatic N) is 3. The lowest BCUT2D eigenvalue weighted by Gasteiger charge is -2.01. The SMILES string of the molecule is CCCc1ccc(N)c(Cl)c1.c1ncncn1. The molecule has 4 nitrogen and oxygen atoms in total. The van der Waals surface area contributed by atoms with E-state index in [1.807, 2.05) is 18.2 Å². The highest BCUT2D eigenvalue weighted by atomic mass is 35.5. The van der Waals surface area contributed by atoms with Crippen LogP contribution in [0.5, 0.6) is 0 Å². The van der Waals surface area contributed by atoms with Gasteiger partial charge < -0.3 is 5.73 Å². The van der Waals surface area contributed by atoms with E-state index in [1.165, 1.54) is 24.5 Å². The van der Waals surface area contributed by atoms with E-state index in [-0.39, 0.29) is 0 Å². The van der Waals surface area contributed by atoms with Crippen LogP contribution in [0.4, 0.5) is 5.69 Å². The molecule has 0 aliphatic rings. The van der Waals surface area contributed by atoms with E-state index in [0.29, 0.717) is 10.7 Å². The van der Waals surface area contributed by atoms with Crippen LogP contribution in [0.15, 0.2) is 37.2 Å². The van der Waals surface area contributed by atoms with Crippen LogP contribution in [0.3, 0.4) is 0 Å². The smallest absolute Gasteiger partial charge is 0.119 e. The molecule has 1 aromatic carbocycles. The number of hydrogen-bond acceptors (Lipinski definition) is 4. The summed E-state index contributed by atoms with van der Waals surface area (Å²) >= 11 is 5.82. The third-order valence-electron chi connectivity index (χ3n) is 2.00. The number of nitrogen functional groups attached to an aromatic ring is 1. The van der Waals surface area contributed by atoms with Crippen molar-refractivity contribution < 1.29 is 0 Å². The summed E-state index contributed by atoms with van der Waals surface area (Å²) in [5.41, 5.74) is 7.47. The highest BCUT2D eigenvalue weighted by Gasteiger charge is 1.96. The van der Waals surface area contributed by atoms with Gasteiger partial charge in [0.25, 0.3) is 0 Å². The van der Waals surface area contributed by atoms with Gasteiger partial charge >= 0.3 is 0 Å². The second-order valence-corrected chi connectivity index (χ2v) is 3.81. The van der Waals surface area contributed by atoms with E-state index < -0.39 is 0 Å². The van der Waals surface area contributed by atoms with Crippen molar-refractivity contribution >= 4 is 17.3 Å². The monoisotopic (exact) mass is 250 g/mol. The molecule has 0 bridgehead atoms. The van der Waals surface area contributed by atoms with Gasteiger partial charge in [-0.3, -0.25) is 0 Å². The average molecular weight is 251 g/mol. The van der Waals surface area contributed by atoms with Crippen molar-refractivity contribution in [3.05, 3.63) is 47.8 Å². The number of rotatable bonds is 2. The van der Waals surface area contributed by atoms with Crippen molar-refractivity contribution in [3.8, 4) is 0 Å². The molecule has 0 amide bonds. The minimum Gasteiger partial charge on any atom is -0.398 e. The van der Waals surface area contributed by atoms with Crippen LogP contribution in [0.2, 0.25) is 5.02 Å². The van der Waals surface area contributed by atoms with E-state index in [1.54, 1.807) is 0 Å². The molecule has 0 radical (unpaired) electrons. The quantitative estimate of drug-likeness (QED) is 0.833. The van der Waals surface area contributed by atoms with E-state index in [9.17, 15) is 0 Å². The van der Waals surface area contributed by atoms with Crippen molar-refractivity contribution in [1.29, 1.82) is 0 Å². The first-order valence-corrected chi connectivity index (χ1v) is 5.70. The Balaban J connectivity index is 0.000000202. The van der Waals surface area contributed by atoms with Gasteiger partial charge in [-0.15, -0.1) is 0 Å². The average Bonchev–Trinajstić information content (AvgIpc) is 2.37. The molecule has 2 N–H and O–H groups in total. The Hall–Kier alpha value is -1.68. The number of hydrogen-bond donors (Lipinski definition) is 1. The number of benzene rings is 1. The van der Waals surface area contributed by atoms with Crippen LogP contribution in [0, 0.1) is 0 Å².